The Bertz CT molecular complexity index is 350. The summed E-state index contributed by atoms with van der Waals surface area (Å²) in [5.74, 6) is 0.940. The van der Waals surface area contributed by atoms with Crippen LogP contribution in [0.5, 0.6) is 0 Å². The molecule has 0 aromatic carbocycles. The Balaban J connectivity index is 2.07. The third kappa shape index (κ3) is 2.45. The van der Waals surface area contributed by atoms with Crippen LogP contribution in [0.4, 0.5) is 5.82 Å². The van der Waals surface area contributed by atoms with Crippen molar-refractivity contribution in [2.24, 2.45) is 0 Å². The van der Waals surface area contributed by atoms with Crippen LogP contribution >= 0.6 is 0 Å². The summed E-state index contributed by atoms with van der Waals surface area (Å²) in [7, 11) is 2.15. The fourth-order valence-electron chi connectivity index (χ4n) is 1.92. The van der Waals surface area contributed by atoms with Crippen LogP contribution in [0, 0.1) is 13.8 Å². The second-order valence-electron chi connectivity index (χ2n) is 4.34. The van der Waals surface area contributed by atoms with Gasteiger partial charge < -0.3 is 10.2 Å². The standard InChI is InChI=1S/C11H18N4/c1-8-6-12-9(2)11(13-8)14-10-4-5-15(3)7-10/h6,10H,4-5,7H2,1-3H3,(H,13,14). The summed E-state index contributed by atoms with van der Waals surface area (Å²) in [6, 6.07) is 0.518. The minimum Gasteiger partial charge on any atom is -0.364 e. The van der Waals surface area contributed by atoms with E-state index in [0.717, 1.165) is 30.3 Å². The Morgan fingerprint density at radius 2 is 2.27 bits per heavy atom. The molecule has 1 aliphatic rings. The highest BCUT2D eigenvalue weighted by molar-refractivity contribution is 5.40. The average Bonchev–Trinajstić information content (AvgIpc) is 2.58. The largest absolute Gasteiger partial charge is 0.364 e. The van der Waals surface area contributed by atoms with Crippen molar-refractivity contribution in [2.45, 2.75) is 26.3 Å². The first kappa shape index (κ1) is 10.4. The van der Waals surface area contributed by atoms with Crippen molar-refractivity contribution in [2.75, 3.05) is 25.5 Å². The van der Waals surface area contributed by atoms with Gasteiger partial charge in [-0.25, -0.2) is 4.98 Å². The van der Waals surface area contributed by atoms with Crippen LogP contribution in [-0.4, -0.2) is 41.0 Å². The van der Waals surface area contributed by atoms with Crippen LogP contribution < -0.4 is 5.32 Å². The molecule has 1 atom stereocenters. The molecule has 2 heterocycles. The van der Waals surface area contributed by atoms with Crippen LogP contribution in [0.2, 0.25) is 0 Å². The molecule has 0 aliphatic carbocycles. The summed E-state index contributed by atoms with van der Waals surface area (Å²) in [6.07, 6.45) is 2.99. The maximum absolute atomic E-state index is 4.47. The second kappa shape index (κ2) is 4.14. The molecular formula is C11H18N4. The molecule has 0 amide bonds. The SMILES string of the molecule is Cc1cnc(C)c(NC2CCN(C)C2)n1. The van der Waals surface area contributed by atoms with Gasteiger partial charge in [-0.05, 0) is 33.9 Å². The number of likely N-dealkylation sites (tertiary alicyclic amines) is 1. The van der Waals surface area contributed by atoms with Gasteiger partial charge in [-0.15, -0.1) is 0 Å². The zero-order valence-electron chi connectivity index (χ0n) is 9.62. The number of hydrogen-bond acceptors (Lipinski definition) is 4. The minimum absolute atomic E-state index is 0.518. The van der Waals surface area contributed by atoms with E-state index >= 15 is 0 Å². The van der Waals surface area contributed by atoms with Crippen LogP contribution in [0.25, 0.3) is 0 Å². The predicted octanol–water partition coefficient (Wildman–Crippen LogP) is 1.21. The van der Waals surface area contributed by atoms with Gasteiger partial charge in [0.15, 0.2) is 0 Å². The van der Waals surface area contributed by atoms with E-state index in [2.05, 4.69) is 27.2 Å². The normalized spacial score (nSPS) is 21.9. The van der Waals surface area contributed by atoms with E-state index < -0.39 is 0 Å². The quantitative estimate of drug-likeness (QED) is 0.789. The Hall–Kier alpha value is -1.16. The number of likely N-dealkylation sites (N-methyl/N-ethyl adjacent to an activating group) is 1. The van der Waals surface area contributed by atoms with Crippen molar-refractivity contribution in [1.29, 1.82) is 0 Å². The molecule has 1 aliphatic heterocycles. The van der Waals surface area contributed by atoms with Gasteiger partial charge in [-0.1, -0.05) is 0 Å². The number of aryl methyl sites for hydroxylation is 2. The molecule has 1 unspecified atom stereocenters. The molecule has 1 aromatic rings. The fraction of sp³-hybridized carbons (Fsp3) is 0.636. The zero-order valence-corrected chi connectivity index (χ0v) is 9.62. The van der Waals surface area contributed by atoms with Gasteiger partial charge in [0.2, 0.25) is 0 Å². The number of nitrogens with one attached hydrogen (secondary N) is 1. The maximum atomic E-state index is 4.47. The summed E-state index contributed by atoms with van der Waals surface area (Å²) < 4.78 is 0. The van der Waals surface area contributed by atoms with Gasteiger partial charge in [0.05, 0.1) is 11.4 Å². The summed E-state index contributed by atoms with van der Waals surface area (Å²) in [5.41, 5.74) is 1.95. The Morgan fingerprint density at radius 1 is 1.47 bits per heavy atom. The van der Waals surface area contributed by atoms with Crippen LogP contribution in [0.15, 0.2) is 6.20 Å². The third-order valence-electron chi connectivity index (χ3n) is 2.81. The molecule has 4 heteroatoms. The zero-order chi connectivity index (χ0) is 10.8. The minimum atomic E-state index is 0.518. The topological polar surface area (TPSA) is 41.1 Å². The van der Waals surface area contributed by atoms with Crippen molar-refractivity contribution < 1.29 is 0 Å². The average molecular weight is 206 g/mol. The van der Waals surface area contributed by atoms with Crippen LogP contribution in [-0.2, 0) is 0 Å². The number of hydrogen-bond donors (Lipinski definition) is 1. The summed E-state index contributed by atoms with van der Waals surface area (Å²) in [5, 5.41) is 3.47. The predicted molar refractivity (Wildman–Crippen MR) is 61.0 cm³/mol. The summed E-state index contributed by atoms with van der Waals surface area (Å²) in [4.78, 5) is 11.1. The Kier molecular flexibility index (Phi) is 2.86. The molecule has 15 heavy (non-hydrogen) atoms. The van der Waals surface area contributed by atoms with E-state index in [1.807, 2.05) is 13.8 Å². The number of nitrogens with zero attached hydrogens (tertiary/aromatic N) is 3. The smallest absolute Gasteiger partial charge is 0.148 e. The molecular weight excluding hydrogens is 188 g/mol. The molecule has 1 saturated heterocycles. The molecule has 2 rings (SSSR count). The molecule has 0 bridgehead atoms. The van der Waals surface area contributed by atoms with E-state index in [1.165, 1.54) is 6.42 Å². The lowest BCUT2D eigenvalue weighted by Crippen LogP contribution is -2.24. The van der Waals surface area contributed by atoms with Gasteiger partial charge in [-0.3, -0.25) is 4.98 Å². The van der Waals surface area contributed by atoms with Gasteiger partial charge in [0.1, 0.15) is 5.82 Å². The summed E-state index contributed by atoms with van der Waals surface area (Å²) >= 11 is 0. The van der Waals surface area contributed by atoms with Crippen LogP contribution in [0.1, 0.15) is 17.8 Å². The fourth-order valence-corrected chi connectivity index (χ4v) is 1.92. The van der Waals surface area contributed by atoms with E-state index in [9.17, 15) is 0 Å². The summed E-state index contributed by atoms with van der Waals surface area (Å²) in [6.45, 7) is 6.22. The first-order valence-electron chi connectivity index (χ1n) is 5.40. The van der Waals surface area contributed by atoms with Crippen molar-refractivity contribution >= 4 is 5.82 Å². The van der Waals surface area contributed by atoms with Crippen molar-refractivity contribution in [3.05, 3.63) is 17.6 Å². The Morgan fingerprint density at radius 3 is 2.93 bits per heavy atom. The maximum Gasteiger partial charge on any atom is 0.148 e. The van der Waals surface area contributed by atoms with Crippen molar-refractivity contribution in [3.8, 4) is 0 Å². The van der Waals surface area contributed by atoms with Gasteiger partial charge in [-0.2, -0.15) is 0 Å². The van der Waals surface area contributed by atoms with Crippen molar-refractivity contribution in [1.82, 2.24) is 14.9 Å². The van der Waals surface area contributed by atoms with E-state index in [-0.39, 0.29) is 0 Å². The lowest BCUT2D eigenvalue weighted by atomic mass is 10.2. The number of rotatable bonds is 2. The molecule has 1 fully saturated rings. The lowest BCUT2D eigenvalue weighted by molar-refractivity contribution is 0.414. The molecule has 0 saturated carbocycles. The monoisotopic (exact) mass is 206 g/mol. The Labute approximate surface area is 90.7 Å². The molecule has 1 aromatic heterocycles. The highest BCUT2D eigenvalue weighted by Gasteiger charge is 2.20. The van der Waals surface area contributed by atoms with E-state index in [1.54, 1.807) is 6.20 Å². The van der Waals surface area contributed by atoms with Gasteiger partial charge in [0, 0.05) is 18.8 Å². The van der Waals surface area contributed by atoms with Crippen LogP contribution in [0.3, 0.4) is 0 Å². The van der Waals surface area contributed by atoms with E-state index in [0.29, 0.717) is 6.04 Å². The lowest BCUT2D eigenvalue weighted by Gasteiger charge is -2.14. The molecule has 82 valence electrons. The van der Waals surface area contributed by atoms with Crippen molar-refractivity contribution in [3.63, 3.8) is 0 Å². The highest BCUT2D eigenvalue weighted by atomic mass is 15.2. The van der Waals surface area contributed by atoms with E-state index in [4.69, 9.17) is 0 Å². The molecule has 0 spiro atoms. The third-order valence-corrected chi connectivity index (χ3v) is 2.81. The number of aromatic nitrogens is 2. The molecule has 0 radical (unpaired) electrons. The molecule has 4 nitrogen and oxygen atoms in total. The first-order chi connectivity index (χ1) is 7.15. The highest BCUT2D eigenvalue weighted by Crippen LogP contribution is 2.15. The second-order valence-corrected chi connectivity index (χ2v) is 4.34. The first-order valence-corrected chi connectivity index (χ1v) is 5.40. The van der Waals surface area contributed by atoms with Gasteiger partial charge >= 0.3 is 0 Å². The number of anilines is 1. The molecule has 1 N–H and O–H groups in total. The van der Waals surface area contributed by atoms with Gasteiger partial charge in [0.25, 0.3) is 0 Å².